The molecule has 0 aromatic carbocycles. The molecule has 1 unspecified atom stereocenters. The van der Waals surface area contributed by atoms with Crippen LogP contribution >= 0.6 is 0 Å². The lowest BCUT2D eigenvalue weighted by Crippen LogP contribution is -2.49. The van der Waals surface area contributed by atoms with Gasteiger partial charge in [0.15, 0.2) is 0 Å². The summed E-state index contributed by atoms with van der Waals surface area (Å²) >= 11 is 0. The Balaban J connectivity index is 2.22. The van der Waals surface area contributed by atoms with Gasteiger partial charge in [0.2, 0.25) is 0 Å². The normalized spacial score (nSPS) is 31.0. The lowest BCUT2D eigenvalue weighted by molar-refractivity contribution is 0.0597. The van der Waals surface area contributed by atoms with Gasteiger partial charge in [-0.15, -0.1) is 0 Å². The minimum absolute atomic E-state index is 0.0208. The van der Waals surface area contributed by atoms with Crippen molar-refractivity contribution in [2.24, 2.45) is 0 Å². The first-order valence-electron chi connectivity index (χ1n) is 4.48. The van der Waals surface area contributed by atoms with Gasteiger partial charge < -0.3 is 10.4 Å². The van der Waals surface area contributed by atoms with Crippen LogP contribution in [0.1, 0.15) is 19.8 Å². The largest absolute Gasteiger partial charge is 0.393 e. The molecule has 0 spiro atoms. The van der Waals surface area contributed by atoms with Gasteiger partial charge in [0, 0.05) is 18.3 Å². The van der Waals surface area contributed by atoms with E-state index in [2.05, 4.69) is 5.32 Å². The minimum atomic E-state index is -2.89. The van der Waals surface area contributed by atoms with Gasteiger partial charge in [0.1, 0.15) is 9.84 Å². The Morgan fingerprint density at radius 2 is 2.08 bits per heavy atom. The third kappa shape index (κ3) is 4.06. The molecule has 2 N–H and O–H groups in total. The number of sulfone groups is 1. The molecule has 0 aromatic rings. The standard InChI is InChI=1S/C8H17NO3S/c1-6(5-13(2,11)12)9-7-3-8(10)4-7/h6-10H,3-5H2,1-2H3. The monoisotopic (exact) mass is 207 g/mol. The average molecular weight is 207 g/mol. The highest BCUT2D eigenvalue weighted by Gasteiger charge is 2.28. The maximum Gasteiger partial charge on any atom is 0.148 e. The summed E-state index contributed by atoms with van der Waals surface area (Å²) in [5.41, 5.74) is 0. The molecule has 0 saturated heterocycles. The van der Waals surface area contributed by atoms with Crippen molar-refractivity contribution in [1.82, 2.24) is 5.32 Å². The second kappa shape index (κ2) is 3.94. The number of aliphatic hydroxyl groups is 1. The van der Waals surface area contributed by atoms with E-state index in [1.807, 2.05) is 6.92 Å². The molecule has 1 rings (SSSR count). The van der Waals surface area contributed by atoms with Crippen LogP contribution in [0.4, 0.5) is 0 Å². The Hall–Kier alpha value is -0.130. The van der Waals surface area contributed by atoms with E-state index in [1.165, 1.54) is 6.26 Å². The topological polar surface area (TPSA) is 66.4 Å². The quantitative estimate of drug-likeness (QED) is 0.654. The fourth-order valence-corrected chi connectivity index (χ4v) is 2.63. The molecule has 0 aliphatic heterocycles. The van der Waals surface area contributed by atoms with E-state index in [0.717, 1.165) is 12.8 Å². The molecule has 78 valence electrons. The lowest BCUT2D eigenvalue weighted by Gasteiger charge is -2.34. The SMILES string of the molecule is CC(CS(C)(=O)=O)NC1CC(O)C1. The predicted molar refractivity (Wildman–Crippen MR) is 51.3 cm³/mol. The number of rotatable bonds is 4. The molecule has 0 amide bonds. The molecule has 4 nitrogen and oxygen atoms in total. The minimum Gasteiger partial charge on any atom is -0.393 e. The first-order valence-corrected chi connectivity index (χ1v) is 6.54. The van der Waals surface area contributed by atoms with Crippen molar-refractivity contribution in [2.75, 3.05) is 12.0 Å². The van der Waals surface area contributed by atoms with Crippen molar-refractivity contribution in [3.8, 4) is 0 Å². The van der Waals surface area contributed by atoms with E-state index in [1.54, 1.807) is 0 Å². The van der Waals surface area contributed by atoms with Crippen molar-refractivity contribution in [3.63, 3.8) is 0 Å². The number of hydrogen-bond acceptors (Lipinski definition) is 4. The van der Waals surface area contributed by atoms with Crippen LogP contribution in [0.3, 0.4) is 0 Å². The third-order valence-electron chi connectivity index (χ3n) is 2.19. The molecule has 0 radical (unpaired) electrons. The molecule has 1 atom stereocenters. The smallest absolute Gasteiger partial charge is 0.148 e. The highest BCUT2D eigenvalue weighted by Crippen LogP contribution is 2.19. The zero-order valence-electron chi connectivity index (χ0n) is 8.03. The first-order chi connectivity index (χ1) is 5.87. The van der Waals surface area contributed by atoms with Gasteiger partial charge in [-0.3, -0.25) is 0 Å². The van der Waals surface area contributed by atoms with E-state index in [0.29, 0.717) is 6.04 Å². The second-order valence-electron chi connectivity index (χ2n) is 3.98. The van der Waals surface area contributed by atoms with E-state index in [4.69, 9.17) is 5.11 Å². The van der Waals surface area contributed by atoms with Gasteiger partial charge in [-0.2, -0.15) is 0 Å². The van der Waals surface area contributed by atoms with Crippen LogP contribution in [0.15, 0.2) is 0 Å². The number of hydrogen-bond donors (Lipinski definition) is 2. The average Bonchev–Trinajstić information content (AvgIpc) is 1.79. The van der Waals surface area contributed by atoms with Crippen LogP contribution in [-0.2, 0) is 9.84 Å². The van der Waals surface area contributed by atoms with Crippen LogP contribution in [0.2, 0.25) is 0 Å². The molecule has 1 saturated carbocycles. The summed E-state index contributed by atoms with van der Waals surface area (Å²) in [5, 5.41) is 12.2. The molecule has 1 aliphatic carbocycles. The van der Waals surface area contributed by atoms with Crippen LogP contribution in [0.25, 0.3) is 0 Å². The van der Waals surface area contributed by atoms with Crippen LogP contribution < -0.4 is 5.32 Å². The van der Waals surface area contributed by atoms with Crippen molar-refractivity contribution in [3.05, 3.63) is 0 Å². The van der Waals surface area contributed by atoms with Crippen LogP contribution in [0.5, 0.6) is 0 Å². The van der Waals surface area contributed by atoms with E-state index < -0.39 is 9.84 Å². The summed E-state index contributed by atoms with van der Waals surface area (Å²) in [6.45, 7) is 1.85. The van der Waals surface area contributed by atoms with Crippen molar-refractivity contribution in [1.29, 1.82) is 0 Å². The molecule has 13 heavy (non-hydrogen) atoms. The van der Waals surface area contributed by atoms with Crippen molar-refractivity contribution < 1.29 is 13.5 Å². The van der Waals surface area contributed by atoms with E-state index in [-0.39, 0.29) is 17.9 Å². The fraction of sp³-hybridized carbons (Fsp3) is 1.00. The first kappa shape index (κ1) is 10.9. The Bertz CT molecular complexity index is 257. The fourth-order valence-electron chi connectivity index (χ4n) is 1.63. The lowest BCUT2D eigenvalue weighted by atomic mass is 9.89. The van der Waals surface area contributed by atoms with Crippen molar-refractivity contribution >= 4 is 9.84 Å². The molecule has 0 bridgehead atoms. The number of aliphatic hydroxyl groups excluding tert-OH is 1. The summed E-state index contributed by atoms with van der Waals surface area (Å²) in [4.78, 5) is 0. The highest BCUT2D eigenvalue weighted by molar-refractivity contribution is 7.90. The summed E-state index contributed by atoms with van der Waals surface area (Å²) in [7, 11) is -2.89. The zero-order valence-corrected chi connectivity index (χ0v) is 8.84. The summed E-state index contributed by atoms with van der Waals surface area (Å²) in [5.74, 6) is 0.166. The molecule has 0 aromatic heterocycles. The maximum absolute atomic E-state index is 10.9. The second-order valence-corrected chi connectivity index (χ2v) is 6.17. The maximum atomic E-state index is 10.9. The van der Waals surface area contributed by atoms with Gasteiger partial charge in [-0.25, -0.2) is 8.42 Å². The third-order valence-corrected chi connectivity index (χ3v) is 3.29. The summed E-state index contributed by atoms with van der Waals surface area (Å²) in [6.07, 6.45) is 2.53. The molecular formula is C8H17NO3S. The molecular weight excluding hydrogens is 190 g/mol. The highest BCUT2D eigenvalue weighted by atomic mass is 32.2. The predicted octanol–water partition coefficient (Wildman–Crippen LogP) is -0.468. The molecule has 0 heterocycles. The van der Waals surface area contributed by atoms with Crippen molar-refractivity contribution in [2.45, 2.75) is 38.0 Å². The van der Waals surface area contributed by atoms with Gasteiger partial charge in [0.25, 0.3) is 0 Å². The molecule has 5 heteroatoms. The zero-order chi connectivity index (χ0) is 10.1. The van der Waals surface area contributed by atoms with E-state index in [9.17, 15) is 8.42 Å². The van der Waals surface area contributed by atoms with Crippen LogP contribution in [-0.4, -0.2) is 43.7 Å². The Morgan fingerprint density at radius 1 is 1.54 bits per heavy atom. The summed E-state index contributed by atoms with van der Waals surface area (Å²) in [6, 6.07) is 0.277. The Kier molecular flexibility index (Phi) is 3.32. The van der Waals surface area contributed by atoms with Gasteiger partial charge in [-0.1, -0.05) is 0 Å². The Morgan fingerprint density at radius 3 is 2.46 bits per heavy atom. The van der Waals surface area contributed by atoms with E-state index >= 15 is 0 Å². The van der Waals surface area contributed by atoms with Gasteiger partial charge in [0.05, 0.1) is 11.9 Å². The Labute approximate surface area is 79.3 Å². The summed E-state index contributed by atoms with van der Waals surface area (Å²) < 4.78 is 21.8. The van der Waals surface area contributed by atoms with Crippen LogP contribution in [0, 0.1) is 0 Å². The van der Waals surface area contributed by atoms with Gasteiger partial charge in [-0.05, 0) is 19.8 Å². The number of nitrogens with one attached hydrogen (secondary N) is 1. The van der Waals surface area contributed by atoms with Gasteiger partial charge >= 0.3 is 0 Å². The molecule has 1 aliphatic rings. The molecule has 1 fully saturated rings.